The molecule has 7 heteroatoms. The van der Waals surface area contributed by atoms with E-state index >= 15 is 0 Å². The van der Waals surface area contributed by atoms with Crippen molar-refractivity contribution in [1.29, 1.82) is 0 Å². The minimum Gasteiger partial charge on any atom is -0.378 e. The van der Waals surface area contributed by atoms with Gasteiger partial charge in [0.1, 0.15) is 4.90 Å². The second-order valence-electron chi connectivity index (χ2n) is 7.17. The van der Waals surface area contributed by atoms with Gasteiger partial charge in [-0.05, 0) is 56.4 Å². The molecule has 1 aliphatic carbocycles. The molecule has 1 aliphatic rings. The third-order valence-electron chi connectivity index (χ3n) is 4.75. The van der Waals surface area contributed by atoms with Crippen molar-refractivity contribution in [3.63, 3.8) is 0 Å². The van der Waals surface area contributed by atoms with Crippen LogP contribution in [-0.2, 0) is 4.74 Å². The molecule has 27 heavy (non-hydrogen) atoms. The summed E-state index contributed by atoms with van der Waals surface area (Å²) in [5.41, 5.74) is 0.315. The van der Waals surface area contributed by atoms with Crippen molar-refractivity contribution in [2.45, 2.75) is 69.3 Å². The maximum absolute atomic E-state index is 12.7. The molecule has 1 nitrogen and oxygen atoms in total. The van der Waals surface area contributed by atoms with Gasteiger partial charge in [0.05, 0.1) is 6.10 Å². The van der Waals surface area contributed by atoms with Crippen LogP contribution in [0.1, 0.15) is 63.9 Å². The van der Waals surface area contributed by atoms with Crippen molar-refractivity contribution in [3.05, 3.63) is 29.8 Å². The fourth-order valence-corrected chi connectivity index (χ4v) is 3.78. The fraction of sp³-hybridized carbons (Fsp3) is 0.600. The summed E-state index contributed by atoms with van der Waals surface area (Å²) in [4.78, 5) is -1.88. The molecule has 0 N–H and O–H groups in total. The van der Waals surface area contributed by atoms with Gasteiger partial charge in [0.25, 0.3) is 0 Å². The van der Waals surface area contributed by atoms with Gasteiger partial charge in [-0.3, -0.25) is 0 Å². The van der Waals surface area contributed by atoms with Crippen molar-refractivity contribution < 1.29 is 24.2 Å². The largest absolute Gasteiger partial charge is 0.378 e. The van der Waals surface area contributed by atoms with Gasteiger partial charge in [-0.25, -0.2) is 0 Å². The SMILES string of the molecule is CCCCCCOC1CCC(C#Cc2ccc(S(F)(F)(F)(F)F)cc2)CC1. The summed E-state index contributed by atoms with van der Waals surface area (Å²) in [5.74, 6) is 6.03. The minimum atomic E-state index is -9.61. The average molecular weight is 410 g/mol. The number of rotatable bonds is 7. The summed E-state index contributed by atoms with van der Waals surface area (Å²) in [6, 6.07) is 2.83. The summed E-state index contributed by atoms with van der Waals surface area (Å²) in [5, 5.41) is 0. The molecule has 0 bridgehead atoms. The summed E-state index contributed by atoms with van der Waals surface area (Å²) < 4.78 is 69.4. The van der Waals surface area contributed by atoms with Crippen molar-refractivity contribution in [2.24, 2.45) is 5.92 Å². The first-order valence-corrected chi connectivity index (χ1v) is 11.4. The predicted octanol–water partition coefficient (Wildman–Crippen LogP) is 7.85. The van der Waals surface area contributed by atoms with Crippen LogP contribution in [0.15, 0.2) is 29.2 Å². The first kappa shape index (κ1) is 22.0. The number of ether oxygens (including phenoxy) is 1. The normalized spacial score (nSPS) is 23.0. The van der Waals surface area contributed by atoms with Gasteiger partial charge < -0.3 is 4.74 Å². The van der Waals surface area contributed by atoms with Gasteiger partial charge in [-0.15, -0.1) is 0 Å². The zero-order valence-corrected chi connectivity index (χ0v) is 16.4. The Labute approximate surface area is 158 Å². The van der Waals surface area contributed by atoms with Gasteiger partial charge in [-0.1, -0.05) is 57.5 Å². The highest BCUT2D eigenvalue weighted by Crippen LogP contribution is 3.02. The van der Waals surface area contributed by atoms with Crippen LogP contribution in [-0.4, -0.2) is 12.7 Å². The van der Waals surface area contributed by atoms with E-state index in [0.717, 1.165) is 50.8 Å². The van der Waals surface area contributed by atoms with Crippen LogP contribution in [0.4, 0.5) is 19.4 Å². The molecular formula is C20H27F5OS. The lowest BCUT2D eigenvalue weighted by molar-refractivity contribution is 0.0210. The van der Waals surface area contributed by atoms with E-state index in [-0.39, 0.29) is 12.0 Å². The molecule has 2 rings (SSSR count). The lowest BCUT2D eigenvalue weighted by atomic mass is 9.87. The zero-order valence-electron chi connectivity index (χ0n) is 15.5. The first-order valence-electron chi connectivity index (χ1n) is 9.45. The van der Waals surface area contributed by atoms with Crippen LogP contribution < -0.4 is 0 Å². The summed E-state index contributed by atoms with van der Waals surface area (Å²) >= 11 is 0. The van der Waals surface area contributed by atoms with E-state index in [0.29, 0.717) is 17.7 Å². The zero-order chi connectivity index (χ0) is 20.0. The molecule has 0 heterocycles. The van der Waals surface area contributed by atoms with Gasteiger partial charge in [0, 0.05) is 18.1 Å². The van der Waals surface area contributed by atoms with E-state index in [4.69, 9.17) is 4.74 Å². The van der Waals surface area contributed by atoms with E-state index in [9.17, 15) is 19.4 Å². The van der Waals surface area contributed by atoms with E-state index in [2.05, 4.69) is 18.8 Å². The number of hydrogen-bond donors (Lipinski definition) is 0. The monoisotopic (exact) mass is 410 g/mol. The standard InChI is InChI=1S/C20H27F5OS/c1-2-3-4-5-16-26-19-12-8-17(9-13-19)6-7-18-10-14-20(15-11-18)27(21,22,23,24)25/h10-11,14-15,17,19H,2-5,8-9,12-13,16H2,1H3. The van der Waals surface area contributed by atoms with Gasteiger partial charge in [0.2, 0.25) is 0 Å². The molecule has 1 fully saturated rings. The molecule has 0 aliphatic heterocycles. The van der Waals surface area contributed by atoms with Crippen LogP contribution in [0.25, 0.3) is 0 Å². The molecule has 1 aromatic rings. The maximum atomic E-state index is 12.7. The topological polar surface area (TPSA) is 9.23 Å². The Morgan fingerprint density at radius 2 is 1.56 bits per heavy atom. The van der Waals surface area contributed by atoms with E-state index in [1.54, 1.807) is 0 Å². The number of benzene rings is 1. The highest BCUT2D eigenvalue weighted by Gasteiger charge is 2.65. The Morgan fingerprint density at radius 3 is 2.11 bits per heavy atom. The molecule has 0 amide bonds. The second-order valence-corrected chi connectivity index (χ2v) is 9.58. The Bertz CT molecular complexity index is 664. The van der Waals surface area contributed by atoms with Crippen LogP contribution in [0, 0.1) is 17.8 Å². The van der Waals surface area contributed by atoms with Crippen LogP contribution >= 0.6 is 10.2 Å². The lowest BCUT2D eigenvalue weighted by Crippen LogP contribution is -2.21. The van der Waals surface area contributed by atoms with Gasteiger partial charge >= 0.3 is 10.2 Å². The Hall–Kier alpha value is -1.26. The molecule has 0 unspecified atom stereocenters. The van der Waals surface area contributed by atoms with Crippen LogP contribution in [0.5, 0.6) is 0 Å². The predicted molar refractivity (Wildman–Crippen MR) is 101 cm³/mol. The molecule has 0 aromatic heterocycles. The number of unbranched alkanes of at least 4 members (excludes halogenated alkanes) is 3. The quantitative estimate of drug-likeness (QED) is 0.253. The summed E-state index contributed by atoms with van der Waals surface area (Å²) in [6.45, 7) is 2.96. The molecule has 154 valence electrons. The fourth-order valence-electron chi connectivity index (χ4n) is 3.13. The minimum absolute atomic E-state index is 0.167. The number of halogens is 5. The third kappa shape index (κ3) is 7.71. The molecule has 0 radical (unpaired) electrons. The van der Waals surface area contributed by atoms with Gasteiger partial charge in [0.15, 0.2) is 0 Å². The lowest BCUT2D eigenvalue weighted by Gasteiger charge is -2.40. The smallest absolute Gasteiger partial charge is 0.310 e. The Morgan fingerprint density at radius 1 is 0.926 bits per heavy atom. The average Bonchev–Trinajstić information content (AvgIpc) is 2.59. The van der Waals surface area contributed by atoms with Crippen molar-refractivity contribution in [2.75, 3.05) is 6.61 Å². The first-order chi connectivity index (χ1) is 12.5. The Kier molecular flexibility index (Phi) is 6.53. The molecule has 1 saturated carbocycles. The number of hydrogen-bond acceptors (Lipinski definition) is 1. The van der Waals surface area contributed by atoms with E-state index in [1.807, 2.05) is 0 Å². The highest BCUT2D eigenvalue weighted by molar-refractivity contribution is 8.45. The second kappa shape index (κ2) is 8.00. The Balaban J connectivity index is 1.81. The molecule has 0 atom stereocenters. The van der Waals surface area contributed by atoms with E-state index < -0.39 is 15.1 Å². The summed E-state index contributed by atoms with van der Waals surface area (Å²) in [7, 11) is -9.61. The molecule has 1 aromatic carbocycles. The van der Waals surface area contributed by atoms with Crippen molar-refractivity contribution in [1.82, 2.24) is 0 Å². The summed E-state index contributed by atoms with van der Waals surface area (Å²) in [6.07, 6.45) is 8.60. The maximum Gasteiger partial charge on any atom is 0.310 e. The van der Waals surface area contributed by atoms with Gasteiger partial charge in [-0.2, -0.15) is 0 Å². The third-order valence-corrected chi connectivity index (χ3v) is 5.91. The van der Waals surface area contributed by atoms with Crippen LogP contribution in [0.3, 0.4) is 0 Å². The van der Waals surface area contributed by atoms with E-state index in [1.165, 1.54) is 19.3 Å². The van der Waals surface area contributed by atoms with Crippen molar-refractivity contribution in [3.8, 4) is 11.8 Å². The van der Waals surface area contributed by atoms with Crippen molar-refractivity contribution >= 4 is 10.2 Å². The molecular weight excluding hydrogens is 383 g/mol. The molecule has 0 saturated heterocycles. The molecule has 0 spiro atoms. The highest BCUT2D eigenvalue weighted by atomic mass is 32.5. The van der Waals surface area contributed by atoms with Crippen LogP contribution in [0.2, 0.25) is 0 Å².